The van der Waals surface area contributed by atoms with Crippen LogP contribution in [0.25, 0.3) is 0 Å². The lowest BCUT2D eigenvalue weighted by Crippen LogP contribution is -2.31. The van der Waals surface area contributed by atoms with Crippen molar-refractivity contribution < 1.29 is 0 Å². The van der Waals surface area contributed by atoms with E-state index in [1.165, 1.54) is 12.8 Å². The van der Waals surface area contributed by atoms with Crippen molar-refractivity contribution in [3.63, 3.8) is 0 Å². The Morgan fingerprint density at radius 3 is 2.55 bits per heavy atom. The molecule has 1 aliphatic carbocycles. The Hall–Kier alpha value is -1.58. The number of aliphatic imine (C=N–C) groups is 1. The molecule has 0 unspecified atom stereocenters. The molecule has 3 rings (SSSR count). The third-order valence-electron chi connectivity index (χ3n) is 4.56. The van der Waals surface area contributed by atoms with E-state index in [0.717, 1.165) is 55.2 Å². The van der Waals surface area contributed by atoms with Gasteiger partial charge in [0.15, 0.2) is 0 Å². The zero-order valence-electron chi connectivity index (χ0n) is 14.1. The molecule has 4 nitrogen and oxygen atoms in total. The van der Waals surface area contributed by atoms with Crippen molar-refractivity contribution in [2.24, 2.45) is 10.9 Å². The molecule has 2 N–H and O–H groups in total. The molecule has 2 aliphatic rings. The van der Waals surface area contributed by atoms with Gasteiger partial charge >= 0.3 is 0 Å². The lowest BCUT2D eigenvalue weighted by molar-refractivity contribution is 0.346. The number of pyridine rings is 1. The Kier molecular flexibility index (Phi) is 6.22. The van der Waals surface area contributed by atoms with E-state index in [2.05, 4.69) is 28.3 Å². The Balaban J connectivity index is 0.000000847. The summed E-state index contributed by atoms with van der Waals surface area (Å²) >= 11 is 0. The summed E-state index contributed by atoms with van der Waals surface area (Å²) in [6, 6.07) is 2.05. The summed E-state index contributed by atoms with van der Waals surface area (Å²) in [5.74, 6) is 2.15. The first kappa shape index (κ1) is 16.8. The molecule has 0 bridgehead atoms. The fourth-order valence-electron chi connectivity index (χ4n) is 3.24. The molecular formula is C18H29N3O. The van der Waals surface area contributed by atoms with Gasteiger partial charge in [-0.15, -0.1) is 0 Å². The van der Waals surface area contributed by atoms with E-state index < -0.39 is 0 Å². The van der Waals surface area contributed by atoms with E-state index in [4.69, 9.17) is 0 Å². The molecule has 0 spiro atoms. The molecule has 4 heteroatoms. The molecule has 1 aliphatic heterocycles. The fraction of sp³-hybridized carbons (Fsp3) is 0.667. The minimum atomic E-state index is 0.0738. The van der Waals surface area contributed by atoms with Gasteiger partial charge in [-0.25, -0.2) is 0 Å². The second-order valence-corrected chi connectivity index (χ2v) is 6.14. The standard InChI is InChI=1S/C16H23N3O.C2H6/c1-11-3-5-12(6-4-11)14-9-13(10-19-16(14)20)15-17-7-2-8-18-15;1-2/h9-12H,2-8H2,1H3,(H,17,18)(H,19,20);1-2H3. The number of hydrogen-bond acceptors (Lipinski definition) is 3. The van der Waals surface area contributed by atoms with Crippen molar-refractivity contribution in [1.82, 2.24) is 10.3 Å². The molecule has 0 radical (unpaired) electrons. The number of nitrogens with one attached hydrogen (secondary N) is 2. The zero-order chi connectivity index (χ0) is 15.9. The van der Waals surface area contributed by atoms with Gasteiger partial charge in [0, 0.05) is 30.4 Å². The maximum atomic E-state index is 12.1. The van der Waals surface area contributed by atoms with Crippen LogP contribution in [0, 0.1) is 5.92 Å². The molecule has 1 aromatic heterocycles. The Bertz CT molecular complexity index is 554. The highest BCUT2D eigenvalue weighted by Crippen LogP contribution is 2.34. The highest BCUT2D eigenvalue weighted by atomic mass is 16.1. The number of hydrogen-bond donors (Lipinski definition) is 2. The molecule has 122 valence electrons. The topological polar surface area (TPSA) is 57.2 Å². The van der Waals surface area contributed by atoms with Gasteiger partial charge in [0.25, 0.3) is 5.56 Å². The van der Waals surface area contributed by atoms with Gasteiger partial charge in [0.1, 0.15) is 5.84 Å². The molecule has 1 aromatic rings. The summed E-state index contributed by atoms with van der Waals surface area (Å²) in [5.41, 5.74) is 2.05. The number of rotatable bonds is 2. The van der Waals surface area contributed by atoms with Crippen LogP contribution in [0.3, 0.4) is 0 Å². The zero-order valence-corrected chi connectivity index (χ0v) is 14.1. The summed E-state index contributed by atoms with van der Waals surface area (Å²) in [4.78, 5) is 19.5. The first-order chi connectivity index (χ1) is 10.7. The van der Waals surface area contributed by atoms with Crippen LogP contribution in [0.15, 0.2) is 22.1 Å². The predicted molar refractivity (Wildman–Crippen MR) is 92.8 cm³/mol. The van der Waals surface area contributed by atoms with E-state index in [-0.39, 0.29) is 5.56 Å². The smallest absolute Gasteiger partial charge is 0.251 e. The number of H-pyrrole nitrogens is 1. The lowest BCUT2D eigenvalue weighted by Gasteiger charge is -2.26. The van der Waals surface area contributed by atoms with Crippen molar-refractivity contribution in [3.8, 4) is 0 Å². The third kappa shape index (κ3) is 3.99. The maximum absolute atomic E-state index is 12.1. The normalized spacial score (nSPS) is 24.6. The van der Waals surface area contributed by atoms with Crippen LogP contribution in [0.1, 0.15) is 69.9 Å². The van der Waals surface area contributed by atoms with Crippen molar-refractivity contribution in [2.75, 3.05) is 13.1 Å². The number of aromatic amines is 1. The Morgan fingerprint density at radius 2 is 1.91 bits per heavy atom. The molecule has 22 heavy (non-hydrogen) atoms. The molecule has 2 heterocycles. The van der Waals surface area contributed by atoms with Crippen LogP contribution in [-0.2, 0) is 0 Å². The summed E-state index contributed by atoms with van der Waals surface area (Å²) in [6.45, 7) is 8.14. The van der Waals surface area contributed by atoms with Crippen LogP contribution >= 0.6 is 0 Å². The average Bonchev–Trinajstić information content (AvgIpc) is 2.59. The van der Waals surface area contributed by atoms with Crippen molar-refractivity contribution in [1.29, 1.82) is 0 Å². The molecule has 0 atom stereocenters. The predicted octanol–water partition coefficient (Wildman–Crippen LogP) is 3.43. The highest BCUT2D eigenvalue weighted by Gasteiger charge is 2.22. The van der Waals surface area contributed by atoms with Gasteiger partial charge in [0.05, 0.1) is 0 Å². The summed E-state index contributed by atoms with van der Waals surface area (Å²) in [5, 5.41) is 3.32. The SMILES string of the molecule is CC.CC1CCC(c2cc(C3=NCCCN3)c[nH]c2=O)CC1. The van der Waals surface area contributed by atoms with E-state index in [0.29, 0.717) is 5.92 Å². The Labute approximate surface area is 133 Å². The van der Waals surface area contributed by atoms with E-state index >= 15 is 0 Å². The maximum Gasteiger partial charge on any atom is 0.251 e. The summed E-state index contributed by atoms with van der Waals surface area (Å²) < 4.78 is 0. The Morgan fingerprint density at radius 1 is 1.18 bits per heavy atom. The fourth-order valence-corrected chi connectivity index (χ4v) is 3.24. The minimum Gasteiger partial charge on any atom is -0.370 e. The van der Waals surface area contributed by atoms with Crippen molar-refractivity contribution >= 4 is 5.84 Å². The number of amidine groups is 1. The molecular weight excluding hydrogens is 274 g/mol. The molecule has 1 fully saturated rings. The summed E-state index contributed by atoms with van der Waals surface area (Å²) in [7, 11) is 0. The van der Waals surface area contributed by atoms with Gasteiger partial charge in [0.2, 0.25) is 0 Å². The monoisotopic (exact) mass is 303 g/mol. The largest absolute Gasteiger partial charge is 0.370 e. The van der Waals surface area contributed by atoms with Crippen LogP contribution in [0.5, 0.6) is 0 Å². The quantitative estimate of drug-likeness (QED) is 0.879. The molecule has 1 saturated carbocycles. The number of aromatic nitrogens is 1. The molecule has 0 aromatic carbocycles. The highest BCUT2D eigenvalue weighted by molar-refractivity contribution is 5.98. The van der Waals surface area contributed by atoms with Crippen molar-refractivity contribution in [2.45, 2.75) is 58.8 Å². The molecule has 0 amide bonds. The summed E-state index contributed by atoms with van der Waals surface area (Å²) in [6.07, 6.45) is 7.59. The van der Waals surface area contributed by atoms with Gasteiger partial charge in [-0.3, -0.25) is 9.79 Å². The van der Waals surface area contributed by atoms with Gasteiger partial charge in [-0.2, -0.15) is 0 Å². The average molecular weight is 303 g/mol. The van der Waals surface area contributed by atoms with Gasteiger partial charge in [-0.1, -0.05) is 33.6 Å². The third-order valence-corrected chi connectivity index (χ3v) is 4.56. The van der Waals surface area contributed by atoms with E-state index in [1.54, 1.807) is 6.20 Å². The van der Waals surface area contributed by atoms with Crippen LogP contribution in [0.4, 0.5) is 0 Å². The van der Waals surface area contributed by atoms with Crippen LogP contribution < -0.4 is 10.9 Å². The van der Waals surface area contributed by atoms with Crippen LogP contribution in [-0.4, -0.2) is 23.9 Å². The van der Waals surface area contributed by atoms with E-state index in [1.807, 2.05) is 13.8 Å². The first-order valence-electron chi connectivity index (χ1n) is 8.75. The second kappa shape index (κ2) is 8.16. The van der Waals surface area contributed by atoms with Gasteiger partial charge < -0.3 is 10.3 Å². The number of nitrogens with zero attached hydrogens (tertiary/aromatic N) is 1. The lowest BCUT2D eigenvalue weighted by atomic mass is 9.79. The molecule has 0 saturated heterocycles. The van der Waals surface area contributed by atoms with E-state index in [9.17, 15) is 4.79 Å². The first-order valence-corrected chi connectivity index (χ1v) is 8.75. The minimum absolute atomic E-state index is 0.0738. The van der Waals surface area contributed by atoms with Crippen molar-refractivity contribution in [3.05, 3.63) is 33.7 Å². The van der Waals surface area contributed by atoms with Gasteiger partial charge in [-0.05, 0) is 37.2 Å². The van der Waals surface area contributed by atoms with Crippen LogP contribution in [0.2, 0.25) is 0 Å². The second-order valence-electron chi connectivity index (χ2n) is 6.14.